The van der Waals surface area contributed by atoms with Gasteiger partial charge in [-0.3, -0.25) is 4.90 Å². The molecule has 3 atom stereocenters. The Morgan fingerprint density at radius 2 is 2.14 bits per heavy atom. The zero-order chi connectivity index (χ0) is 20.3. The first kappa shape index (κ1) is 21.5. The van der Waals surface area contributed by atoms with Crippen molar-refractivity contribution in [2.45, 2.75) is 63.6 Å². The summed E-state index contributed by atoms with van der Waals surface area (Å²) in [5.41, 5.74) is 1.06. The largest absolute Gasteiger partial charge is 0.490 e. The molecule has 6 nitrogen and oxygen atoms in total. The summed E-state index contributed by atoms with van der Waals surface area (Å²) in [6.45, 7) is 5.85. The molecule has 1 saturated carbocycles. The molecule has 1 aromatic heterocycles. The molecule has 158 valence electrons. The molecule has 0 aromatic carbocycles. The lowest BCUT2D eigenvalue weighted by atomic mass is 10.0. The van der Waals surface area contributed by atoms with E-state index in [1.807, 2.05) is 6.92 Å². The molecule has 4 rings (SSSR count). The molecular weight excluding hydrogens is 397 g/mol. The maximum absolute atomic E-state index is 10.6. The van der Waals surface area contributed by atoms with Gasteiger partial charge in [0.2, 0.25) is 0 Å². The monoisotopic (exact) mass is 422 g/mol. The van der Waals surface area contributed by atoms with E-state index in [2.05, 4.69) is 15.3 Å². The van der Waals surface area contributed by atoms with E-state index in [4.69, 9.17) is 19.4 Å². The molecule has 2 saturated heterocycles. The van der Waals surface area contributed by atoms with Gasteiger partial charge in [0.05, 0.1) is 23.4 Å². The van der Waals surface area contributed by atoms with Crippen LogP contribution in [0.25, 0.3) is 0 Å². The predicted molar refractivity (Wildman–Crippen MR) is 96.2 cm³/mol. The molecule has 10 heteroatoms. The fourth-order valence-electron chi connectivity index (χ4n) is 3.66. The lowest BCUT2D eigenvalue weighted by Crippen LogP contribution is -2.42. The highest BCUT2D eigenvalue weighted by Crippen LogP contribution is 2.36. The molecule has 0 unspecified atom stereocenters. The summed E-state index contributed by atoms with van der Waals surface area (Å²) >= 11 is 1.69. The summed E-state index contributed by atoms with van der Waals surface area (Å²) in [4.78, 5) is 16.0. The van der Waals surface area contributed by atoms with Crippen LogP contribution < -0.4 is 0 Å². The van der Waals surface area contributed by atoms with Gasteiger partial charge >= 0.3 is 12.1 Å². The van der Waals surface area contributed by atoms with Crippen molar-refractivity contribution < 1.29 is 32.5 Å². The van der Waals surface area contributed by atoms with Crippen molar-refractivity contribution in [1.82, 2.24) is 9.88 Å². The van der Waals surface area contributed by atoms with Gasteiger partial charge in [-0.1, -0.05) is 0 Å². The Morgan fingerprint density at radius 1 is 1.43 bits per heavy atom. The molecule has 2 aliphatic heterocycles. The summed E-state index contributed by atoms with van der Waals surface area (Å²) in [5, 5.41) is 10.3. The molecule has 0 bridgehead atoms. The number of aliphatic carboxylic acids is 1. The third-order valence-electron chi connectivity index (χ3n) is 5.13. The van der Waals surface area contributed by atoms with Crippen molar-refractivity contribution in [2.75, 3.05) is 19.7 Å². The van der Waals surface area contributed by atoms with Gasteiger partial charge < -0.3 is 14.6 Å². The minimum Gasteiger partial charge on any atom is -0.475 e. The van der Waals surface area contributed by atoms with Gasteiger partial charge in [-0.15, -0.1) is 11.3 Å². The van der Waals surface area contributed by atoms with Crippen molar-refractivity contribution >= 4 is 17.3 Å². The highest BCUT2D eigenvalue weighted by molar-refractivity contribution is 7.09. The highest BCUT2D eigenvalue weighted by Gasteiger charge is 2.45. The topological polar surface area (TPSA) is 71.9 Å². The van der Waals surface area contributed by atoms with Crippen LogP contribution in [-0.2, 0) is 20.9 Å². The minimum atomic E-state index is -5.08. The van der Waals surface area contributed by atoms with Crippen molar-refractivity contribution in [2.24, 2.45) is 5.92 Å². The summed E-state index contributed by atoms with van der Waals surface area (Å²) in [7, 11) is 0. The Kier molecular flexibility index (Phi) is 6.95. The molecule has 1 aromatic rings. The van der Waals surface area contributed by atoms with Crippen LogP contribution in [0.5, 0.6) is 0 Å². The van der Waals surface area contributed by atoms with Crippen LogP contribution in [0.3, 0.4) is 0 Å². The Balaban J connectivity index is 0.000000279. The predicted octanol–water partition coefficient (Wildman–Crippen LogP) is 3.24. The number of carboxylic acid groups (broad SMARTS) is 1. The number of aryl methyl sites for hydroxylation is 1. The van der Waals surface area contributed by atoms with Crippen LogP contribution >= 0.6 is 11.3 Å². The van der Waals surface area contributed by atoms with Crippen molar-refractivity contribution in [3.63, 3.8) is 0 Å². The number of carboxylic acids is 1. The van der Waals surface area contributed by atoms with Crippen LogP contribution in [-0.4, -0.2) is 65.1 Å². The third-order valence-corrected chi connectivity index (χ3v) is 5.95. The van der Waals surface area contributed by atoms with Gasteiger partial charge in [-0.25, -0.2) is 9.78 Å². The van der Waals surface area contributed by atoms with Gasteiger partial charge in [0.25, 0.3) is 0 Å². The Bertz CT molecular complexity index is 666. The smallest absolute Gasteiger partial charge is 0.475 e. The lowest BCUT2D eigenvalue weighted by Gasteiger charge is -2.32. The average molecular weight is 422 g/mol. The fraction of sp³-hybridized carbons (Fsp3) is 0.778. The van der Waals surface area contributed by atoms with E-state index in [0.29, 0.717) is 12.6 Å². The zero-order valence-electron chi connectivity index (χ0n) is 15.7. The molecule has 1 N–H and O–H groups in total. The zero-order valence-corrected chi connectivity index (χ0v) is 16.5. The first-order chi connectivity index (χ1) is 13.2. The number of halogens is 3. The van der Waals surface area contributed by atoms with Crippen molar-refractivity contribution in [3.8, 4) is 0 Å². The second kappa shape index (κ2) is 9.06. The Morgan fingerprint density at radius 3 is 2.71 bits per heavy atom. The third kappa shape index (κ3) is 5.88. The number of alkyl halides is 3. The number of ether oxygens (including phenoxy) is 2. The van der Waals surface area contributed by atoms with Gasteiger partial charge in [0.15, 0.2) is 0 Å². The summed E-state index contributed by atoms with van der Waals surface area (Å²) < 4.78 is 44.0. The average Bonchev–Trinajstić information content (AvgIpc) is 3.25. The van der Waals surface area contributed by atoms with Gasteiger partial charge in [0.1, 0.15) is 6.10 Å². The van der Waals surface area contributed by atoms with E-state index >= 15 is 0 Å². The van der Waals surface area contributed by atoms with Gasteiger partial charge in [-0.05, 0) is 38.5 Å². The molecule has 0 spiro atoms. The Labute approximate surface area is 165 Å². The second-order valence-corrected chi connectivity index (χ2v) is 8.51. The molecule has 28 heavy (non-hydrogen) atoms. The van der Waals surface area contributed by atoms with E-state index in [1.54, 1.807) is 11.3 Å². The lowest BCUT2D eigenvalue weighted by molar-refractivity contribution is -0.192. The van der Waals surface area contributed by atoms with Crippen LogP contribution in [0.1, 0.15) is 36.4 Å². The maximum atomic E-state index is 10.6. The van der Waals surface area contributed by atoms with Crippen LogP contribution in [0.2, 0.25) is 0 Å². The van der Waals surface area contributed by atoms with Crippen molar-refractivity contribution in [3.05, 3.63) is 16.1 Å². The molecule has 0 radical (unpaired) electrons. The molecule has 3 fully saturated rings. The van der Waals surface area contributed by atoms with Crippen LogP contribution in [0, 0.1) is 12.8 Å². The number of fused-ring (bicyclic) bond motifs is 1. The number of hydrogen-bond donors (Lipinski definition) is 1. The number of aromatic nitrogens is 1. The van der Waals surface area contributed by atoms with Crippen LogP contribution in [0.15, 0.2) is 5.38 Å². The van der Waals surface area contributed by atoms with E-state index in [9.17, 15) is 13.2 Å². The number of rotatable bonds is 5. The SMILES string of the molecule is Cc1nc(CO[C@@H]2CN(CC3CC3)[C@@H]3CCCO[C@@H]32)cs1.O=C(O)C(F)(F)F. The second-order valence-electron chi connectivity index (χ2n) is 7.45. The normalized spacial score (nSPS) is 27.8. The minimum absolute atomic E-state index is 0.219. The number of nitrogens with zero attached hydrogens (tertiary/aromatic N) is 2. The molecule has 3 aliphatic rings. The Hall–Kier alpha value is -1.23. The highest BCUT2D eigenvalue weighted by atomic mass is 32.1. The van der Waals surface area contributed by atoms with E-state index < -0.39 is 12.1 Å². The number of carbonyl (C=O) groups is 1. The van der Waals surface area contributed by atoms with Gasteiger partial charge in [0, 0.05) is 31.1 Å². The van der Waals surface area contributed by atoms with Crippen molar-refractivity contribution in [1.29, 1.82) is 0 Å². The van der Waals surface area contributed by atoms with Crippen LogP contribution in [0.4, 0.5) is 13.2 Å². The maximum Gasteiger partial charge on any atom is 0.490 e. The molecule has 1 aliphatic carbocycles. The van der Waals surface area contributed by atoms with E-state index in [0.717, 1.165) is 29.8 Å². The first-order valence-electron chi connectivity index (χ1n) is 9.42. The summed E-state index contributed by atoms with van der Waals surface area (Å²) in [5.74, 6) is -1.82. The summed E-state index contributed by atoms with van der Waals surface area (Å²) in [6.07, 6.45) is 0.706. The molecule has 3 heterocycles. The standard InChI is InChI=1S/C16H24N2O2S.C2HF3O2/c1-11-17-13(10-21-11)9-20-15-8-18(7-12-4-5-12)14-3-2-6-19-16(14)15;3-2(4,5)1(6)7/h10,12,14-16H,2-9H2,1H3;(H,6,7)/t14-,15-,16+;/m1./s1. The van der Waals surface area contributed by atoms with E-state index in [-0.39, 0.29) is 12.2 Å². The fourth-order valence-corrected chi connectivity index (χ4v) is 4.26. The molecule has 0 amide bonds. The quantitative estimate of drug-likeness (QED) is 0.786. The number of hydrogen-bond acceptors (Lipinski definition) is 6. The number of likely N-dealkylation sites (tertiary alicyclic amines) is 1. The summed E-state index contributed by atoms with van der Waals surface area (Å²) in [6, 6.07) is 0.585. The molecular formula is C18H25F3N2O4S. The van der Waals surface area contributed by atoms with E-state index in [1.165, 1.54) is 32.2 Å². The van der Waals surface area contributed by atoms with Gasteiger partial charge in [-0.2, -0.15) is 13.2 Å². The number of thiazole rings is 1. The first-order valence-corrected chi connectivity index (χ1v) is 10.3.